The molecule has 192 valence electrons. The molecule has 0 aliphatic heterocycles. The molecule has 1 amide bonds. The van der Waals surface area contributed by atoms with Gasteiger partial charge in [-0.1, -0.05) is 54.6 Å². The number of hydrogen-bond donors (Lipinski definition) is 1. The Morgan fingerprint density at radius 1 is 0.895 bits per heavy atom. The summed E-state index contributed by atoms with van der Waals surface area (Å²) in [5.41, 5.74) is 4.05. The van der Waals surface area contributed by atoms with E-state index in [1.54, 1.807) is 33.5 Å². The molecule has 1 N–H and O–H groups in total. The van der Waals surface area contributed by atoms with Crippen molar-refractivity contribution in [2.24, 2.45) is 0 Å². The number of aromatic nitrogens is 1. The highest BCUT2D eigenvalue weighted by Crippen LogP contribution is 2.42. The van der Waals surface area contributed by atoms with E-state index in [1.165, 1.54) is 11.8 Å². The SMILES string of the molecule is COc1ccccc1NC(=O)CCSc1nc(-c2ccccc2)cc(-c2cccc(OC)c2OC)c1C#N. The second-order valence-corrected chi connectivity index (χ2v) is 9.18. The Morgan fingerprint density at radius 3 is 2.32 bits per heavy atom. The fraction of sp³-hybridized carbons (Fsp3) is 0.167. The molecular formula is C30H27N3O4S. The summed E-state index contributed by atoms with van der Waals surface area (Å²) in [6.07, 6.45) is 0.225. The second kappa shape index (κ2) is 12.7. The molecule has 0 aliphatic rings. The van der Waals surface area contributed by atoms with Crippen LogP contribution in [0.3, 0.4) is 0 Å². The van der Waals surface area contributed by atoms with Gasteiger partial charge in [0.2, 0.25) is 5.91 Å². The number of hydrogen-bond acceptors (Lipinski definition) is 7. The third-order valence-corrected chi connectivity index (χ3v) is 6.79. The summed E-state index contributed by atoms with van der Waals surface area (Å²) in [5.74, 6) is 1.96. The van der Waals surface area contributed by atoms with Crippen molar-refractivity contribution in [2.45, 2.75) is 11.4 Å². The Balaban J connectivity index is 1.67. The van der Waals surface area contributed by atoms with E-state index < -0.39 is 0 Å². The van der Waals surface area contributed by atoms with Crippen LogP contribution < -0.4 is 19.5 Å². The zero-order valence-corrected chi connectivity index (χ0v) is 22.2. The molecule has 1 heterocycles. The second-order valence-electron chi connectivity index (χ2n) is 8.10. The minimum absolute atomic E-state index is 0.158. The summed E-state index contributed by atoms with van der Waals surface area (Å²) in [5, 5.41) is 13.6. The summed E-state index contributed by atoms with van der Waals surface area (Å²) >= 11 is 1.36. The van der Waals surface area contributed by atoms with Crippen LogP contribution in [0.1, 0.15) is 12.0 Å². The number of pyridine rings is 1. The normalized spacial score (nSPS) is 10.4. The zero-order valence-electron chi connectivity index (χ0n) is 21.4. The molecule has 0 radical (unpaired) electrons. The number of thioether (sulfide) groups is 1. The Labute approximate surface area is 226 Å². The van der Waals surface area contributed by atoms with Crippen LogP contribution in [0.25, 0.3) is 22.4 Å². The van der Waals surface area contributed by atoms with Crippen LogP contribution in [-0.2, 0) is 4.79 Å². The van der Waals surface area contributed by atoms with E-state index in [-0.39, 0.29) is 12.3 Å². The van der Waals surface area contributed by atoms with Gasteiger partial charge < -0.3 is 19.5 Å². The fourth-order valence-electron chi connectivity index (χ4n) is 4.00. The predicted octanol–water partition coefficient (Wildman–Crippen LogP) is 6.43. The molecule has 0 bridgehead atoms. The molecule has 7 nitrogen and oxygen atoms in total. The van der Waals surface area contributed by atoms with Crippen LogP contribution in [0.2, 0.25) is 0 Å². The van der Waals surface area contributed by atoms with Gasteiger partial charge in [-0.3, -0.25) is 4.79 Å². The fourth-order valence-corrected chi connectivity index (χ4v) is 4.95. The van der Waals surface area contributed by atoms with E-state index >= 15 is 0 Å². The van der Waals surface area contributed by atoms with E-state index in [4.69, 9.17) is 19.2 Å². The number of carbonyl (C=O) groups is 1. The highest BCUT2D eigenvalue weighted by molar-refractivity contribution is 7.99. The number of nitrogens with one attached hydrogen (secondary N) is 1. The first-order chi connectivity index (χ1) is 18.6. The number of rotatable bonds is 10. The van der Waals surface area contributed by atoms with Crippen molar-refractivity contribution < 1.29 is 19.0 Å². The molecule has 8 heteroatoms. The Morgan fingerprint density at radius 2 is 1.61 bits per heavy atom. The standard InChI is InChI=1S/C30H27N3O4S/c1-35-26-14-8-7-13-24(26)32-28(34)16-17-38-30-23(19-31)22(18-25(33-30)20-10-5-4-6-11-20)21-12-9-15-27(36-2)29(21)37-3/h4-15,18H,16-17H2,1-3H3,(H,32,34). The minimum Gasteiger partial charge on any atom is -0.495 e. The number of benzene rings is 3. The van der Waals surface area contributed by atoms with Gasteiger partial charge in [0.25, 0.3) is 0 Å². The number of nitrogens with zero attached hydrogens (tertiary/aromatic N) is 2. The smallest absolute Gasteiger partial charge is 0.225 e. The summed E-state index contributed by atoms with van der Waals surface area (Å²) in [6.45, 7) is 0. The molecule has 4 aromatic rings. The van der Waals surface area contributed by atoms with Crippen molar-refractivity contribution in [2.75, 3.05) is 32.4 Å². The van der Waals surface area contributed by atoms with Gasteiger partial charge in [0.1, 0.15) is 16.8 Å². The molecule has 3 aromatic carbocycles. The average Bonchev–Trinajstić information content (AvgIpc) is 2.96. The molecule has 0 spiro atoms. The van der Waals surface area contributed by atoms with Gasteiger partial charge in [-0.05, 0) is 24.3 Å². The molecule has 1 aromatic heterocycles. The van der Waals surface area contributed by atoms with Crippen LogP contribution in [-0.4, -0.2) is 38.0 Å². The summed E-state index contributed by atoms with van der Waals surface area (Å²) in [6, 6.07) is 26.8. The largest absolute Gasteiger partial charge is 0.495 e. The maximum absolute atomic E-state index is 12.7. The van der Waals surface area contributed by atoms with Crippen LogP contribution in [0.4, 0.5) is 5.69 Å². The first kappa shape index (κ1) is 26.6. The Bertz CT molecular complexity index is 1470. The molecule has 0 atom stereocenters. The Hall–Kier alpha value is -4.48. The number of anilines is 1. The number of ether oxygens (including phenoxy) is 3. The number of para-hydroxylation sites is 3. The lowest BCUT2D eigenvalue weighted by molar-refractivity contribution is -0.115. The van der Waals surface area contributed by atoms with Gasteiger partial charge in [0.05, 0.1) is 38.3 Å². The average molecular weight is 526 g/mol. The summed E-state index contributed by atoms with van der Waals surface area (Å²) in [7, 11) is 4.71. The zero-order chi connectivity index (χ0) is 26.9. The molecular weight excluding hydrogens is 498 g/mol. The molecule has 0 saturated carbocycles. The number of nitriles is 1. The highest BCUT2D eigenvalue weighted by Gasteiger charge is 2.20. The predicted molar refractivity (Wildman–Crippen MR) is 150 cm³/mol. The van der Waals surface area contributed by atoms with Crippen LogP contribution in [0, 0.1) is 11.3 Å². The van der Waals surface area contributed by atoms with Gasteiger partial charge in [0, 0.05) is 28.9 Å². The van der Waals surface area contributed by atoms with E-state index in [0.717, 1.165) is 11.1 Å². The van der Waals surface area contributed by atoms with Crippen molar-refractivity contribution >= 4 is 23.4 Å². The third kappa shape index (κ3) is 5.90. The first-order valence-electron chi connectivity index (χ1n) is 11.9. The maximum Gasteiger partial charge on any atom is 0.225 e. The summed E-state index contributed by atoms with van der Waals surface area (Å²) in [4.78, 5) is 17.5. The Kier molecular flexibility index (Phi) is 8.85. The molecule has 0 saturated heterocycles. The monoisotopic (exact) mass is 525 g/mol. The minimum atomic E-state index is -0.158. The molecule has 0 fully saturated rings. The van der Waals surface area contributed by atoms with E-state index in [2.05, 4.69) is 11.4 Å². The van der Waals surface area contributed by atoms with Gasteiger partial charge in [-0.2, -0.15) is 5.26 Å². The van der Waals surface area contributed by atoms with Gasteiger partial charge in [-0.15, -0.1) is 11.8 Å². The summed E-state index contributed by atoms with van der Waals surface area (Å²) < 4.78 is 16.5. The third-order valence-electron chi connectivity index (χ3n) is 5.81. The highest BCUT2D eigenvalue weighted by atomic mass is 32.2. The van der Waals surface area contributed by atoms with E-state index in [1.807, 2.05) is 66.7 Å². The maximum atomic E-state index is 12.7. The lowest BCUT2D eigenvalue weighted by Gasteiger charge is -2.16. The topological polar surface area (TPSA) is 93.5 Å². The number of methoxy groups -OCH3 is 3. The van der Waals surface area contributed by atoms with Crippen LogP contribution in [0.5, 0.6) is 17.2 Å². The van der Waals surface area contributed by atoms with Crippen LogP contribution in [0.15, 0.2) is 83.9 Å². The van der Waals surface area contributed by atoms with Gasteiger partial charge >= 0.3 is 0 Å². The van der Waals surface area contributed by atoms with Gasteiger partial charge in [-0.25, -0.2) is 4.98 Å². The van der Waals surface area contributed by atoms with Crippen molar-refractivity contribution in [3.63, 3.8) is 0 Å². The lowest BCUT2D eigenvalue weighted by atomic mass is 9.98. The first-order valence-corrected chi connectivity index (χ1v) is 12.9. The lowest BCUT2D eigenvalue weighted by Crippen LogP contribution is -2.13. The van der Waals surface area contributed by atoms with Crippen LogP contribution >= 0.6 is 11.8 Å². The van der Waals surface area contributed by atoms with E-state index in [0.29, 0.717) is 50.5 Å². The quantitative estimate of drug-likeness (QED) is 0.238. The van der Waals surface area contributed by atoms with Gasteiger partial charge in [0.15, 0.2) is 11.5 Å². The number of carbonyl (C=O) groups excluding carboxylic acids is 1. The number of amides is 1. The molecule has 0 unspecified atom stereocenters. The molecule has 38 heavy (non-hydrogen) atoms. The van der Waals surface area contributed by atoms with Crippen molar-refractivity contribution in [1.82, 2.24) is 4.98 Å². The van der Waals surface area contributed by atoms with Crippen molar-refractivity contribution in [3.05, 3.63) is 84.4 Å². The van der Waals surface area contributed by atoms with Crippen molar-refractivity contribution in [3.8, 4) is 45.7 Å². The van der Waals surface area contributed by atoms with Crippen molar-refractivity contribution in [1.29, 1.82) is 5.26 Å². The van der Waals surface area contributed by atoms with E-state index in [9.17, 15) is 10.1 Å². The molecule has 0 aliphatic carbocycles. The molecule has 4 rings (SSSR count).